The Morgan fingerprint density at radius 3 is 2.58 bits per heavy atom. The maximum absolute atomic E-state index is 13.5. The number of allylic oxidation sites excluding steroid dienone is 1. The van der Waals surface area contributed by atoms with Gasteiger partial charge in [-0.25, -0.2) is 9.79 Å². The Balaban J connectivity index is 1.94. The van der Waals surface area contributed by atoms with Gasteiger partial charge in [-0.15, -0.1) is 0 Å². The average Bonchev–Trinajstić information content (AvgIpc) is 3.07. The van der Waals surface area contributed by atoms with Crippen molar-refractivity contribution in [2.24, 2.45) is 4.99 Å². The number of hydrogen-bond acceptors (Lipinski definition) is 7. The van der Waals surface area contributed by atoms with Gasteiger partial charge in [0.05, 0.1) is 35.1 Å². The Bertz CT molecular complexity index is 1410. The van der Waals surface area contributed by atoms with E-state index in [9.17, 15) is 14.7 Å². The van der Waals surface area contributed by atoms with Crippen molar-refractivity contribution in [2.45, 2.75) is 32.9 Å². The van der Waals surface area contributed by atoms with Crippen LogP contribution in [0.1, 0.15) is 37.9 Å². The number of hydrogen-bond donors (Lipinski definition) is 1. The molecule has 0 spiro atoms. The second-order valence-electron chi connectivity index (χ2n) is 7.90. The van der Waals surface area contributed by atoms with E-state index in [0.29, 0.717) is 31.9 Å². The van der Waals surface area contributed by atoms with E-state index in [0.717, 1.165) is 5.56 Å². The molecule has 0 radical (unpaired) electrons. The summed E-state index contributed by atoms with van der Waals surface area (Å²) in [5.41, 5.74) is 1.99. The number of methoxy groups -OCH3 is 1. The number of fused-ring (bicyclic) bond motifs is 1. The number of carbonyl (C=O) groups excluding carboxylic acids is 1. The lowest BCUT2D eigenvalue weighted by Crippen LogP contribution is -2.40. The van der Waals surface area contributed by atoms with Gasteiger partial charge in [0.2, 0.25) is 0 Å². The summed E-state index contributed by atoms with van der Waals surface area (Å²) in [6.45, 7) is 5.31. The van der Waals surface area contributed by atoms with Crippen LogP contribution in [0.2, 0.25) is 0 Å². The topological polar surface area (TPSA) is 90.1 Å². The van der Waals surface area contributed by atoms with Gasteiger partial charge < -0.3 is 14.6 Å². The molecule has 4 rings (SSSR count). The Hall–Kier alpha value is -3.65. The van der Waals surface area contributed by atoms with Crippen LogP contribution in [0.15, 0.2) is 69.6 Å². The van der Waals surface area contributed by atoms with Crippen molar-refractivity contribution in [3.05, 3.63) is 90.6 Å². The minimum atomic E-state index is -0.690. The van der Waals surface area contributed by atoms with Crippen molar-refractivity contribution in [1.29, 1.82) is 0 Å². The molecule has 2 heterocycles. The van der Waals surface area contributed by atoms with Crippen molar-refractivity contribution < 1.29 is 19.4 Å². The molecule has 170 valence electrons. The van der Waals surface area contributed by atoms with Crippen LogP contribution in [0.3, 0.4) is 0 Å². The van der Waals surface area contributed by atoms with E-state index in [2.05, 4.69) is 4.99 Å². The summed E-state index contributed by atoms with van der Waals surface area (Å²) in [7, 11) is 1.58. The van der Waals surface area contributed by atoms with E-state index in [1.807, 2.05) is 12.1 Å². The first-order valence-electron chi connectivity index (χ1n) is 10.4. The van der Waals surface area contributed by atoms with Gasteiger partial charge in [0, 0.05) is 0 Å². The lowest BCUT2D eigenvalue weighted by atomic mass is 9.96. The minimum absolute atomic E-state index is 0.113. The molecule has 3 aromatic rings. The highest BCUT2D eigenvalue weighted by Crippen LogP contribution is 2.31. The number of aromatic hydroxyl groups is 1. The second-order valence-corrected chi connectivity index (χ2v) is 8.91. The predicted molar refractivity (Wildman–Crippen MR) is 126 cm³/mol. The van der Waals surface area contributed by atoms with Crippen LogP contribution >= 0.6 is 11.3 Å². The lowest BCUT2D eigenvalue weighted by Gasteiger charge is -2.25. The number of rotatable bonds is 5. The largest absolute Gasteiger partial charge is 0.508 e. The molecule has 0 amide bonds. The van der Waals surface area contributed by atoms with Crippen LogP contribution in [-0.4, -0.2) is 28.9 Å². The van der Waals surface area contributed by atoms with E-state index in [-0.39, 0.29) is 17.4 Å². The van der Waals surface area contributed by atoms with E-state index in [4.69, 9.17) is 9.47 Å². The molecule has 0 aliphatic carbocycles. The summed E-state index contributed by atoms with van der Waals surface area (Å²) < 4.78 is 12.7. The van der Waals surface area contributed by atoms with Crippen LogP contribution in [0.4, 0.5) is 0 Å². The van der Waals surface area contributed by atoms with Gasteiger partial charge >= 0.3 is 5.97 Å². The monoisotopic (exact) mass is 464 g/mol. The first kappa shape index (κ1) is 22.5. The van der Waals surface area contributed by atoms with Gasteiger partial charge in [-0.1, -0.05) is 35.6 Å². The zero-order valence-corrected chi connectivity index (χ0v) is 19.6. The third-order valence-corrected chi connectivity index (χ3v) is 6.17. The summed E-state index contributed by atoms with van der Waals surface area (Å²) in [6, 6.07) is 13.2. The SMILES string of the molecule is COc1ccc([C@@H]2C(C(=O)OC(C)C)=C(C)N=c3sc(=Cc4cccc(O)c4)c(=O)n32)cc1. The van der Waals surface area contributed by atoms with E-state index >= 15 is 0 Å². The number of phenols is 1. The standard InChI is InChI=1S/C25H24N2O5S/c1-14(2)32-24(30)21-15(3)26-25-27(22(21)17-8-10-19(31-4)11-9-17)23(29)20(33-25)13-16-6-5-7-18(28)12-16/h5-14,22,28H,1-4H3/t22-/m1/s1. The number of ether oxygens (including phenoxy) is 2. The number of aromatic nitrogens is 1. The number of esters is 1. The van der Waals surface area contributed by atoms with Crippen LogP contribution in [-0.2, 0) is 9.53 Å². The first-order valence-corrected chi connectivity index (χ1v) is 11.3. The van der Waals surface area contributed by atoms with Crippen LogP contribution < -0.4 is 19.6 Å². The van der Waals surface area contributed by atoms with Gasteiger partial charge in [0.15, 0.2) is 4.80 Å². The molecule has 1 N–H and O–H groups in total. The average molecular weight is 465 g/mol. The number of nitrogens with zero attached hydrogens (tertiary/aromatic N) is 2. The third-order valence-electron chi connectivity index (χ3n) is 5.18. The molecule has 0 unspecified atom stereocenters. The highest BCUT2D eigenvalue weighted by Gasteiger charge is 2.33. The number of thiazole rings is 1. The first-order chi connectivity index (χ1) is 15.8. The summed E-state index contributed by atoms with van der Waals surface area (Å²) in [6.07, 6.45) is 1.39. The number of benzene rings is 2. The number of phenolic OH excluding ortho intramolecular Hbond substituents is 1. The summed E-state index contributed by atoms with van der Waals surface area (Å²) in [4.78, 5) is 31.7. The van der Waals surface area contributed by atoms with Crippen molar-refractivity contribution in [2.75, 3.05) is 7.11 Å². The van der Waals surface area contributed by atoms with Gasteiger partial charge in [-0.2, -0.15) is 0 Å². The lowest BCUT2D eigenvalue weighted by molar-refractivity contribution is -0.143. The van der Waals surface area contributed by atoms with Crippen LogP contribution in [0, 0.1) is 0 Å². The van der Waals surface area contributed by atoms with Crippen molar-refractivity contribution in [1.82, 2.24) is 4.57 Å². The van der Waals surface area contributed by atoms with Gasteiger partial charge in [0.1, 0.15) is 11.5 Å². The molecule has 1 atom stereocenters. The fourth-order valence-electron chi connectivity index (χ4n) is 3.73. The van der Waals surface area contributed by atoms with Crippen LogP contribution in [0.5, 0.6) is 11.5 Å². The molecular weight excluding hydrogens is 440 g/mol. The van der Waals surface area contributed by atoms with Gasteiger partial charge in [-0.3, -0.25) is 9.36 Å². The minimum Gasteiger partial charge on any atom is -0.508 e. The fourth-order valence-corrected chi connectivity index (χ4v) is 4.77. The molecule has 0 saturated carbocycles. The van der Waals surface area contributed by atoms with Gasteiger partial charge in [-0.05, 0) is 62.2 Å². The van der Waals surface area contributed by atoms with E-state index in [1.54, 1.807) is 70.4 Å². The second kappa shape index (κ2) is 9.07. The Kier molecular flexibility index (Phi) is 6.20. The Morgan fingerprint density at radius 1 is 1.21 bits per heavy atom. The molecule has 1 aliphatic heterocycles. The maximum Gasteiger partial charge on any atom is 0.338 e. The summed E-state index contributed by atoms with van der Waals surface area (Å²) in [5.74, 6) is 0.276. The van der Waals surface area contributed by atoms with Crippen LogP contribution in [0.25, 0.3) is 6.08 Å². The molecule has 0 saturated heterocycles. The van der Waals surface area contributed by atoms with E-state index in [1.165, 1.54) is 15.9 Å². The third kappa shape index (κ3) is 4.47. The van der Waals surface area contributed by atoms with Gasteiger partial charge in [0.25, 0.3) is 5.56 Å². The zero-order valence-electron chi connectivity index (χ0n) is 18.7. The smallest absolute Gasteiger partial charge is 0.338 e. The quantitative estimate of drug-likeness (QED) is 0.587. The Labute approximate surface area is 194 Å². The summed E-state index contributed by atoms with van der Waals surface area (Å²) in [5, 5.41) is 9.77. The summed E-state index contributed by atoms with van der Waals surface area (Å²) >= 11 is 1.24. The maximum atomic E-state index is 13.5. The molecular formula is C25H24N2O5S. The van der Waals surface area contributed by atoms with Crippen molar-refractivity contribution >= 4 is 23.4 Å². The van der Waals surface area contributed by atoms with Crippen molar-refractivity contribution in [3.8, 4) is 11.5 Å². The van der Waals surface area contributed by atoms with E-state index < -0.39 is 12.0 Å². The molecule has 33 heavy (non-hydrogen) atoms. The normalized spacial score (nSPS) is 15.9. The molecule has 1 aromatic heterocycles. The Morgan fingerprint density at radius 2 is 1.94 bits per heavy atom. The van der Waals surface area contributed by atoms with Crippen molar-refractivity contribution in [3.63, 3.8) is 0 Å². The highest BCUT2D eigenvalue weighted by atomic mass is 32.1. The molecule has 8 heteroatoms. The fraction of sp³-hybridized carbons (Fsp3) is 0.240. The molecule has 7 nitrogen and oxygen atoms in total. The highest BCUT2D eigenvalue weighted by molar-refractivity contribution is 7.07. The molecule has 1 aliphatic rings. The molecule has 0 bridgehead atoms. The number of carbonyl (C=O) groups is 1. The zero-order chi connectivity index (χ0) is 23.7. The molecule has 0 fully saturated rings. The molecule has 2 aromatic carbocycles. The predicted octanol–water partition coefficient (Wildman–Crippen LogP) is 2.90.